The molecule has 1 amide bonds. The van der Waals surface area contributed by atoms with Crippen molar-refractivity contribution >= 4 is 50.9 Å². The van der Waals surface area contributed by atoms with Gasteiger partial charge in [-0.25, -0.2) is 9.97 Å². The number of anilines is 2. The van der Waals surface area contributed by atoms with E-state index >= 15 is 0 Å². The Morgan fingerprint density at radius 3 is 2.75 bits per heavy atom. The zero-order valence-corrected chi connectivity index (χ0v) is 20.3. The summed E-state index contributed by atoms with van der Waals surface area (Å²) in [5.41, 5.74) is 6.10. The Morgan fingerprint density at radius 1 is 1.19 bits per heavy atom. The van der Waals surface area contributed by atoms with E-state index in [0.717, 1.165) is 39.7 Å². The van der Waals surface area contributed by atoms with Crippen LogP contribution in [-0.2, 0) is 21.8 Å². The molecule has 32 heavy (non-hydrogen) atoms. The van der Waals surface area contributed by atoms with Gasteiger partial charge in [0, 0.05) is 31.7 Å². The van der Waals surface area contributed by atoms with Crippen LogP contribution in [0.5, 0.6) is 0 Å². The van der Waals surface area contributed by atoms with Crippen molar-refractivity contribution in [2.75, 3.05) is 18.6 Å². The molecule has 8 heteroatoms. The fraction of sp³-hybridized carbons (Fsp3) is 0.292. The van der Waals surface area contributed by atoms with Gasteiger partial charge in [0.1, 0.15) is 0 Å². The first kappa shape index (κ1) is 22.5. The van der Waals surface area contributed by atoms with Gasteiger partial charge in [-0.05, 0) is 37.6 Å². The Balaban J connectivity index is 1.56. The molecule has 2 aromatic heterocycles. The highest BCUT2D eigenvalue weighted by atomic mass is 32.2. The summed E-state index contributed by atoms with van der Waals surface area (Å²) in [4.78, 5) is 23.7. The summed E-state index contributed by atoms with van der Waals surface area (Å²) in [6, 6.07) is 14.2. The first-order chi connectivity index (χ1) is 15.5. The van der Waals surface area contributed by atoms with Crippen molar-refractivity contribution in [2.45, 2.75) is 38.2 Å². The zero-order chi connectivity index (χ0) is 22.7. The molecule has 0 saturated heterocycles. The standard InChI is InChI=1S/C24H26N4O2S2/c1-16-9-10-21(17(2)13-16)28(18(3)29)24-25-19(15-32-24)14-31-23-26-20-7-5-6-8-22(20)27(23)11-12-30-4/h5-10,13,15H,11-12,14H2,1-4H3. The maximum atomic E-state index is 12.5. The van der Waals surface area contributed by atoms with E-state index in [1.807, 2.05) is 49.6 Å². The molecule has 0 fully saturated rings. The van der Waals surface area contributed by atoms with E-state index in [2.05, 4.69) is 16.7 Å². The van der Waals surface area contributed by atoms with E-state index in [1.165, 1.54) is 16.9 Å². The molecule has 0 N–H and O–H groups in total. The van der Waals surface area contributed by atoms with Crippen molar-refractivity contribution in [3.8, 4) is 0 Å². The number of amides is 1. The van der Waals surface area contributed by atoms with Gasteiger partial charge in [0.25, 0.3) is 0 Å². The quantitative estimate of drug-likeness (QED) is 0.310. The number of carbonyl (C=O) groups excluding carboxylic acids is 1. The predicted octanol–water partition coefficient (Wildman–Crippen LogP) is 5.73. The van der Waals surface area contributed by atoms with Crippen LogP contribution in [0.15, 0.2) is 53.0 Å². The molecule has 0 bridgehead atoms. The third kappa shape index (κ3) is 4.72. The Kier molecular flexibility index (Phi) is 6.93. The number of carbonyl (C=O) groups is 1. The minimum absolute atomic E-state index is 0.0492. The molecule has 0 unspecified atom stereocenters. The Morgan fingerprint density at radius 2 is 2.00 bits per heavy atom. The van der Waals surface area contributed by atoms with Crippen LogP contribution >= 0.6 is 23.1 Å². The second kappa shape index (κ2) is 9.85. The summed E-state index contributed by atoms with van der Waals surface area (Å²) in [5.74, 6) is 0.623. The van der Waals surface area contributed by atoms with E-state index in [4.69, 9.17) is 14.7 Å². The fourth-order valence-electron chi connectivity index (χ4n) is 3.63. The molecule has 0 atom stereocenters. The van der Waals surface area contributed by atoms with Crippen molar-refractivity contribution in [2.24, 2.45) is 0 Å². The summed E-state index contributed by atoms with van der Waals surface area (Å²) in [6.07, 6.45) is 0. The topological polar surface area (TPSA) is 60.2 Å². The third-order valence-corrected chi connectivity index (χ3v) is 7.01. The van der Waals surface area contributed by atoms with Gasteiger partial charge in [0.2, 0.25) is 5.91 Å². The van der Waals surface area contributed by atoms with Crippen LogP contribution in [0, 0.1) is 13.8 Å². The number of para-hydroxylation sites is 2. The number of benzene rings is 2. The maximum absolute atomic E-state index is 12.5. The van der Waals surface area contributed by atoms with Crippen molar-refractivity contribution in [1.29, 1.82) is 0 Å². The average molecular weight is 467 g/mol. The van der Waals surface area contributed by atoms with Gasteiger partial charge in [0.15, 0.2) is 10.3 Å². The van der Waals surface area contributed by atoms with Gasteiger partial charge in [0.05, 0.1) is 29.0 Å². The van der Waals surface area contributed by atoms with Crippen LogP contribution in [0.3, 0.4) is 0 Å². The number of hydrogen-bond acceptors (Lipinski definition) is 6. The number of nitrogens with zero attached hydrogens (tertiary/aromatic N) is 4. The lowest BCUT2D eigenvalue weighted by Crippen LogP contribution is -2.23. The number of rotatable bonds is 8. The molecule has 166 valence electrons. The van der Waals surface area contributed by atoms with Crippen molar-refractivity contribution in [3.05, 3.63) is 64.7 Å². The molecule has 0 aliphatic heterocycles. The molecular formula is C24H26N4O2S2. The number of fused-ring (bicyclic) bond motifs is 1. The van der Waals surface area contributed by atoms with E-state index in [9.17, 15) is 4.79 Å². The molecular weight excluding hydrogens is 440 g/mol. The zero-order valence-electron chi connectivity index (χ0n) is 18.7. The van der Waals surface area contributed by atoms with E-state index in [0.29, 0.717) is 17.5 Å². The number of ether oxygens (including phenoxy) is 1. The first-order valence-electron chi connectivity index (χ1n) is 10.4. The van der Waals surface area contributed by atoms with Gasteiger partial charge in [-0.1, -0.05) is 41.6 Å². The maximum Gasteiger partial charge on any atom is 0.230 e. The predicted molar refractivity (Wildman–Crippen MR) is 132 cm³/mol. The lowest BCUT2D eigenvalue weighted by molar-refractivity contribution is -0.115. The number of methoxy groups -OCH3 is 1. The van der Waals surface area contributed by atoms with E-state index < -0.39 is 0 Å². The highest BCUT2D eigenvalue weighted by Crippen LogP contribution is 2.33. The monoisotopic (exact) mass is 466 g/mol. The van der Waals surface area contributed by atoms with E-state index in [-0.39, 0.29) is 5.91 Å². The van der Waals surface area contributed by atoms with Crippen molar-refractivity contribution < 1.29 is 9.53 Å². The number of thioether (sulfide) groups is 1. The molecule has 4 aromatic rings. The number of thiazole rings is 1. The van der Waals surface area contributed by atoms with Gasteiger partial charge in [-0.3, -0.25) is 9.69 Å². The molecule has 0 aliphatic rings. The number of imidazole rings is 1. The lowest BCUT2D eigenvalue weighted by Gasteiger charge is -2.20. The molecule has 2 aromatic carbocycles. The van der Waals surface area contributed by atoms with Gasteiger partial charge in [-0.2, -0.15) is 0 Å². The van der Waals surface area contributed by atoms with Crippen molar-refractivity contribution in [1.82, 2.24) is 14.5 Å². The van der Waals surface area contributed by atoms with Crippen LogP contribution in [0.2, 0.25) is 0 Å². The largest absolute Gasteiger partial charge is 0.383 e. The summed E-state index contributed by atoms with van der Waals surface area (Å²) >= 11 is 3.13. The van der Waals surface area contributed by atoms with Crippen LogP contribution < -0.4 is 4.90 Å². The second-order valence-corrected chi connectivity index (χ2v) is 9.36. The SMILES string of the molecule is COCCn1c(SCc2csc(N(C(C)=O)c3ccc(C)cc3C)n2)nc2ccccc21. The molecule has 0 radical (unpaired) electrons. The lowest BCUT2D eigenvalue weighted by atomic mass is 10.1. The van der Waals surface area contributed by atoms with Crippen LogP contribution in [-0.4, -0.2) is 34.2 Å². The number of aryl methyl sites for hydroxylation is 2. The minimum Gasteiger partial charge on any atom is -0.383 e. The van der Waals surface area contributed by atoms with Crippen molar-refractivity contribution in [3.63, 3.8) is 0 Å². The fourth-order valence-corrected chi connectivity index (χ4v) is 5.55. The van der Waals surface area contributed by atoms with Crippen LogP contribution in [0.4, 0.5) is 10.8 Å². The van der Waals surface area contributed by atoms with Gasteiger partial charge >= 0.3 is 0 Å². The van der Waals surface area contributed by atoms with E-state index in [1.54, 1.807) is 30.7 Å². The molecule has 2 heterocycles. The summed E-state index contributed by atoms with van der Waals surface area (Å²) < 4.78 is 7.48. The highest BCUT2D eigenvalue weighted by molar-refractivity contribution is 7.98. The molecule has 0 spiro atoms. The van der Waals surface area contributed by atoms with Crippen LogP contribution in [0.1, 0.15) is 23.7 Å². The molecule has 0 aliphatic carbocycles. The molecule has 6 nitrogen and oxygen atoms in total. The van der Waals surface area contributed by atoms with Crippen LogP contribution in [0.25, 0.3) is 11.0 Å². The Hall–Kier alpha value is -2.68. The second-order valence-electron chi connectivity index (χ2n) is 7.58. The number of aromatic nitrogens is 3. The highest BCUT2D eigenvalue weighted by Gasteiger charge is 2.20. The van der Waals surface area contributed by atoms with Gasteiger partial charge in [-0.15, -0.1) is 11.3 Å². The first-order valence-corrected chi connectivity index (χ1v) is 12.2. The summed E-state index contributed by atoms with van der Waals surface area (Å²) in [7, 11) is 1.71. The minimum atomic E-state index is -0.0492. The van der Waals surface area contributed by atoms with Gasteiger partial charge < -0.3 is 9.30 Å². The summed E-state index contributed by atoms with van der Waals surface area (Å²) in [6.45, 7) is 7.01. The normalized spacial score (nSPS) is 11.2. The average Bonchev–Trinajstić information content (AvgIpc) is 3.36. The third-order valence-electron chi connectivity index (χ3n) is 5.13. The summed E-state index contributed by atoms with van der Waals surface area (Å²) in [5, 5.41) is 3.65. The smallest absolute Gasteiger partial charge is 0.230 e. The Bertz CT molecular complexity index is 1250. The molecule has 4 rings (SSSR count). The number of hydrogen-bond donors (Lipinski definition) is 0. The molecule has 0 saturated carbocycles. The Labute approximate surface area is 196 Å².